The Balaban J connectivity index is 2.30. The molecular formula is C14H15ClN2O2. The Morgan fingerprint density at radius 3 is 2.74 bits per heavy atom. The number of carboxylic acid groups (broad SMARTS) is 1. The smallest absolute Gasteiger partial charge is 0.315 e. The Morgan fingerprint density at radius 2 is 2.11 bits per heavy atom. The van der Waals surface area contributed by atoms with E-state index >= 15 is 0 Å². The van der Waals surface area contributed by atoms with Gasteiger partial charge in [-0.05, 0) is 31.0 Å². The maximum atomic E-state index is 11.8. The third kappa shape index (κ3) is 1.74. The average Bonchev–Trinajstić information content (AvgIpc) is 2.95. The van der Waals surface area contributed by atoms with E-state index in [0.29, 0.717) is 23.6 Å². The van der Waals surface area contributed by atoms with Crippen LogP contribution < -0.4 is 0 Å². The molecule has 4 nitrogen and oxygen atoms in total. The monoisotopic (exact) mass is 278 g/mol. The van der Waals surface area contributed by atoms with Crippen molar-refractivity contribution in [2.45, 2.75) is 31.1 Å². The Labute approximate surface area is 116 Å². The van der Waals surface area contributed by atoms with E-state index in [1.807, 2.05) is 19.2 Å². The molecule has 1 aliphatic rings. The molecule has 0 aliphatic heterocycles. The van der Waals surface area contributed by atoms with Crippen LogP contribution in [0.1, 0.15) is 31.4 Å². The zero-order valence-corrected chi connectivity index (χ0v) is 11.4. The molecule has 1 heterocycles. The van der Waals surface area contributed by atoms with Gasteiger partial charge in [0.15, 0.2) is 0 Å². The second-order valence-electron chi connectivity index (χ2n) is 5.23. The van der Waals surface area contributed by atoms with Crippen molar-refractivity contribution in [1.29, 1.82) is 0 Å². The second kappa shape index (κ2) is 4.23. The Kier molecular flexibility index (Phi) is 2.78. The van der Waals surface area contributed by atoms with Crippen molar-refractivity contribution in [3.05, 3.63) is 28.9 Å². The van der Waals surface area contributed by atoms with Crippen molar-refractivity contribution in [1.82, 2.24) is 9.78 Å². The summed E-state index contributed by atoms with van der Waals surface area (Å²) < 4.78 is 1.74. The fraction of sp³-hybridized carbons (Fsp3) is 0.429. The molecule has 1 saturated carbocycles. The van der Waals surface area contributed by atoms with Gasteiger partial charge in [0.2, 0.25) is 0 Å². The van der Waals surface area contributed by atoms with Crippen LogP contribution in [0.2, 0.25) is 5.02 Å². The highest BCUT2D eigenvalue weighted by molar-refractivity contribution is 6.31. The molecule has 0 amide bonds. The summed E-state index contributed by atoms with van der Waals surface area (Å²) in [4.78, 5) is 11.8. The molecule has 0 bridgehead atoms. The molecule has 3 rings (SSSR count). The number of halogens is 1. The van der Waals surface area contributed by atoms with Crippen molar-refractivity contribution in [3.8, 4) is 0 Å². The summed E-state index contributed by atoms with van der Waals surface area (Å²) in [6.45, 7) is 0. The number of carbonyl (C=O) groups is 1. The largest absolute Gasteiger partial charge is 0.481 e. The molecule has 0 spiro atoms. The number of nitrogens with zero attached hydrogens (tertiary/aromatic N) is 2. The van der Waals surface area contributed by atoms with Crippen LogP contribution in [0.25, 0.3) is 10.9 Å². The Bertz CT molecular complexity index is 657. The molecule has 0 saturated heterocycles. The van der Waals surface area contributed by atoms with Gasteiger partial charge in [-0.25, -0.2) is 0 Å². The van der Waals surface area contributed by atoms with E-state index in [9.17, 15) is 9.90 Å². The highest BCUT2D eigenvalue weighted by Gasteiger charge is 2.46. The van der Waals surface area contributed by atoms with Gasteiger partial charge in [0, 0.05) is 17.5 Å². The lowest BCUT2D eigenvalue weighted by atomic mass is 9.81. The predicted octanol–water partition coefficient (Wildman–Crippen LogP) is 3.12. The van der Waals surface area contributed by atoms with Crippen LogP contribution in [0.4, 0.5) is 0 Å². The maximum absolute atomic E-state index is 11.8. The van der Waals surface area contributed by atoms with Crippen molar-refractivity contribution in [2.24, 2.45) is 7.05 Å². The number of aryl methyl sites for hydroxylation is 1. The predicted molar refractivity (Wildman–Crippen MR) is 73.5 cm³/mol. The lowest BCUT2D eigenvalue weighted by molar-refractivity contribution is -0.143. The average molecular weight is 279 g/mol. The highest BCUT2D eigenvalue weighted by atomic mass is 35.5. The van der Waals surface area contributed by atoms with E-state index in [0.717, 1.165) is 23.7 Å². The van der Waals surface area contributed by atoms with Crippen LogP contribution in [-0.2, 0) is 17.3 Å². The van der Waals surface area contributed by atoms with Gasteiger partial charge in [0.1, 0.15) is 5.41 Å². The first-order valence-electron chi connectivity index (χ1n) is 6.41. The third-order valence-electron chi connectivity index (χ3n) is 4.13. The van der Waals surface area contributed by atoms with Gasteiger partial charge in [-0.15, -0.1) is 0 Å². The molecule has 1 aromatic heterocycles. The van der Waals surface area contributed by atoms with Crippen LogP contribution in [0.5, 0.6) is 0 Å². The molecule has 100 valence electrons. The summed E-state index contributed by atoms with van der Waals surface area (Å²) in [6, 6.07) is 5.51. The maximum Gasteiger partial charge on any atom is 0.315 e. The summed E-state index contributed by atoms with van der Waals surface area (Å²) >= 11 is 6.05. The van der Waals surface area contributed by atoms with Gasteiger partial charge in [0.05, 0.1) is 11.2 Å². The molecule has 1 N–H and O–H groups in total. The van der Waals surface area contributed by atoms with Crippen molar-refractivity contribution >= 4 is 28.5 Å². The molecule has 19 heavy (non-hydrogen) atoms. The lowest BCUT2D eigenvalue weighted by Gasteiger charge is -2.21. The van der Waals surface area contributed by atoms with E-state index in [1.54, 1.807) is 10.7 Å². The molecule has 1 fully saturated rings. The van der Waals surface area contributed by atoms with Crippen LogP contribution in [-0.4, -0.2) is 20.9 Å². The molecule has 0 atom stereocenters. The van der Waals surface area contributed by atoms with Crippen LogP contribution in [0.3, 0.4) is 0 Å². The second-order valence-corrected chi connectivity index (χ2v) is 5.66. The summed E-state index contributed by atoms with van der Waals surface area (Å²) in [6.07, 6.45) is 3.18. The quantitative estimate of drug-likeness (QED) is 0.918. The summed E-state index contributed by atoms with van der Waals surface area (Å²) in [5.41, 5.74) is 0.744. The van der Waals surface area contributed by atoms with Gasteiger partial charge >= 0.3 is 5.97 Å². The molecule has 5 heteroatoms. The normalized spacial score (nSPS) is 18.0. The third-order valence-corrected chi connectivity index (χ3v) is 4.37. The zero-order chi connectivity index (χ0) is 13.6. The SMILES string of the molecule is Cn1nc(C2(C(=O)O)CCCC2)c2cc(Cl)ccc21. The number of carboxylic acids is 1. The minimum Gasteiger partial charge on any atom is -0.481 e. The van der Waals surface area contributed by atoms with E-state index < -0.39 is 11.4 Å². The van der Waals surface area contributed by atoms with E-state index in [1.165, 1.54) is 0 Å². The van der Waals surface area contributed by atoms with E-state index in [4.69, 9.17) is 11.6 Å². The number of benzene rings is 1. The number of aromatic nitrogens is 2. The van der Waals surface area contributed by atoms with Crippen LogP contribution >= 0.6 is 11.6 Å². The van der Waals surface area contributed by atoms with Crippen molar-refractivity contribution in [2.75, 3.05) is 0 Å². The first-order valence-corrected chi connectivity index (χ1v) is 6.78. The fourth-order valence-electron chi connectivity index (χ4n) is 3.12. The van der Waals surface area contributed by atoms with Crippen molar-refractivity contribution < 1.29 is 9.90 Å². The topological polar surface area (TPSA) is 55.1 Å². The molecular weight excluding hydrogens is 264 g/mol. The van der Waals surface area contributed by atoms with Crippen LogP contribution in [0, 0.1) is 0 Å². The van der Waals surface area contributed by atoms with Gasteiger partial charge < -0.3 is 5.11 Å². The fourth-order valence-corrected chi connectivity index (χ4v) is 3.29. The minimum absolute atomic E-state index is 0.611. The number of rotatable bonds is 2. The Morgan fingerprint density at radius 1 is 1.42 bits per heavy atom. The first kappa shape index (κ1) is 12.5. The van der Waals surface area contributed by atoms with Gasteiger partial charge in [-0.1, -0.05) is 24.4 Å². The van der Waals surface area contributed by atoms with E-state index in [2.05, 4.69) is 5.10 Å². The summed E-state index contributed by atoms with van der Waals surface area (Å²) in [5, 5.41) is 15.6. The summed E-state index contributed by atoms with van der Waals surface area (Å²) in [7, 11) is 1.84. The van der Waals surface area contributed by atoms with Gasteiger partial charge in [-0.2, -0.15) is 5.10 Å². The molecule has 2 aromatic rings. The zero-order valence-electron chi connectivity index (χ0n) is 10.7. The van der Waals surface area contributed by atoms with Gasteiger partial charge in [0.25, 0.3) is 0 Å². The number of hydrogen-bond donors (Lipinski definition) is 1. The number of fused-ring (bicyclic) bond motifs is 1. The standard InChI is InChI=1S/C14H15ClN2O2/c1-17-11-5-4-9(15)8-10(11)12(16-17)14(13(18)19)6-2-3-7-14/h4-5,8H,2-3,6-7H2,1H3,(H,18,19). The summed E-state index contributed by atoms with van der Waals surface area (Å²) in [5.74, 6) is -0.773. The van der Waals surface area contributed by atoms with E-state index in [-0.39, 0.29) is 0 Å². The molecule has 0 radical (unpaired) electrons. The first-order chi connectivity index (χ1) is 9.04. The van der Waals surface area contributed by atoms with Crippen LogP contribution in [0.15, 0.2) is 18.2 Å². The highest BCUT2D eigenvalue weighted by Crippen LogP contribution is 2.43. The lowest BCUT2D eigenvalue weighted by Crippen LogP contribution is -2.33. The van der Waals surface area contributed by atoms with Gasteiger partial charge in [-0.3, -0.25) is 9.48 Å². The molecule has 1 aromatic carbocycles. The molecule has 0 unspecified atom stereocenters. The number of hydrogen-bond acceptors (Lipinski definition) is 2. The number of aliphatic carboxylic acids is 1. The molecule has 1 aliphatic carbocycles. The minimum atomic E-state index is -0.843. The Hall–Kier alpha value is -1.55. The van der Waals surface area contributed by atoms with Crippen molar-refractivity contribution in [3.63, 3.8) is 0 Å².